The van der Waals surface area contributed by atoms with E-state index in [1.165, 1.54) is 11.6 Å². The molecule has 0 spiro atoms. The zero-order valence-electron chi connectivity index (χ0n) is 9.87. The Morgan fingerprint density at radius 1 is 1.00 bits per heavy atom. The molecule has 18 heavy (non-hydrogen) atoms. The molecule has 0 unspecified atom stereocenters. The van der Waals surface area contributed by atoms with Crippen LogP contribution in [0.15, 0.2) is 48.5 Å². The summed E-state index contributed by atoms with van der Waals surface area (Å²) in [7, 11) is 0. The number of aromatic carboxylic acids is 1. The lowest BCUT2D eigenvalue weighted by atomic mass is 10.2. The second kappa shape index (κ2) is 6.30. The molecule has 0 aliphatic carbocycles. The lowest BCUT2D eigenvalue weighted by Crippen LogP contribution is -1.95. The van der Waals surface area contributed by atoms with Crippen molar-refractivity contribution >= 4 is 5.97 Å². The monoisotopic (exact) mass is 246 g/mol. The molecule has 0 saturated carbocycles. The molecule has 0 amide bonds. The molecular weight excluding hydrogens is 232 g/mol. The van der Waals surface area contributed by atoms with Gasteiger partial charge in [-0.15, -0.1) is 0 Å². The van der Waals surface area contributed by atoms with Crippen molar-refractivity contribution in [2.24, 2.45) is 0 Å². The number of hydrogen-bond acceptors (Lipinski definition) is 3. The Kier molecular flexibility index (Phi) is 4.75. The molecule has 0 fully saturated rings. The summed E-state index contributed by atoms with van der Waals surface area (Å²) in [4.78, 5) is 10.3. The zero-order chi connectivity index (χ0) is 13.5. The number of hydrogen-bond donors (Lipinski definition) is 3. The number of aromatic hydroxyl groups is 2. The van der Waals surface area contributed by atoms with E-state index in [0.29, 0.717) is 0 Å². The quantitative estimate of drug-likeness (QED) is 0.723. The summed E-state index contributed by atoms with van der Waals surface area (Å²) in [5, 5.41) is 26.1. The topological polar surface area (TPSA) is 77.8 Å². The third-order valence-corrected chi connectivity index (χ3v) is 2.15. The molecule has 3 N–H and O–H groups in total. The van der Waals surface area contributed by atoms with Crippen molar-refractivity contribution < 1.29 is 20.1 Å². The van der Waals surface area contributed by atoms with Crippen LogP contribution in [0.2, 0.25) is 0 Å². The molecule has 4 heteroatoms. The van der Waals surface area contributed by atoms with Gasteiger partial charge in [-0.1, -0.05) is 35.9 Å². The summed E-state index contributed by atoms with van der Waals surface area (Å²) in [6.07, 6.45) is 0. The van der Waals surface area contributed by atoms with Crippen LogP contribution in [0.1, 0.15) is 15.9 Å². The van der Waals surface area contributed by atoms with Gasteiger partial charge in [0.25, 0.3) is 0 Å². The molecular formula is C14H14O4. The predicted octanol–water partition coefficient (Wildman–Crippen LogP) is 2.79. The fraction of sp³-hybridized carbons (Fsp3) is 0.0714. The number of carboxylic acids is 1. The second-order valence-electron chi connectivity index (χ2n) is 3.66. The Morgan fingerprint density at radius 3 is 2.00 bits per heavy atom. The fourth-order valence-electron chi connectivity index (χ4n) is 1.24. The van der Waals surface area contributed by atoms with Crippen molar-refractivity contribution in [2.75, 3.05) is 0 Å². The van der Waals surface area contributed by atoms with Gasteiger partial charge in [-0.3, -0.25) is 0 Å². The van der Waals surface area contributed by atoms with Crippen molar-refractivity contribution in [2.45, 2.75) is 6.92 Å². The van der Waals surface area contributed by atoms with Gasteiger partial charge in [0.15, 0.2) is 0 Å². The first kappa shape index (κ1) is 13.6. The Labute approximate surface area is 105 Å². The molecule has 94 valence electrons. The number of carbonyl (C=O) groups is 1. The largest absolute Gasteiger partial charge is 0.508 e. The third-order valence-electron chi connectivity index (χ3n) is 2.15. The molecule has 2 aromatic rings. The minimum atomic E-state index is -1.22. The average Bonchev–Trinajstić information content (AvgIpc) is 2.30. The van der Waals surface area contributed by atoms with E-state index in [0.717, 1.165) is 12.1 Å². The third kappa shape index (κ3) is 4.17. The van der Waals surface area contributed by atoms with Gasteiger partial charge < -0.3 is 15.3 Å². The van der Waals surface area contributed by atoms with E-state index in [9.17, 15) is 4.79 Å². The van der Waals surface area contributed by atoms with Crippen LogP contribution >= 0.6 is 0 Å². The summed E-state index contributed by atoms with van der Waals surface area (Å²) < 4.78 is 0. The molecule has 0 bridgehead atoms. The van der Waals surface area contributed by atoms with E-state index < -0.39 is 11.7 Å². The molecule has 4 nitrogen and oxygen atoms in total. The van der Waals surface area contributed by atoms with E-state index in [1.807, 2.05) is 18.2 Å². The molecule has 0 atom stereocenters. The molecule has 0 aromatic heterocycles. The number of carboxylic acid groups (broad SMARTS) is 1. The fourth-order valence-corrected chi connectivity index (χ4v) is 1.24. The maximum atomic E-state index is 10.3. The lowest BCUT2D eigenvalue weighted by Gasteiger charge is -1.97. The molecule has 0 heterocycles. The van der Waals surface area contributed by atoms with Gasteiger partial charge in [-0.25, -0.2) is 4.79 Å². The van der Waals surface area contributed by atoms with Crippen LogP contribution in [0.25, 0.3) is 0 Å². The highest BCUT2D eigenvalue weighted by Crippen LogP contribution is 2.21. The highest BCUT2D eigenvalue weighted by molar-refractivity contribution is 5.90. The number of rotatable bonds is 1. The predicted molar refractivity (Wildman–Crippen MR) is 67.9 cm³/mol. The van der Waals surface area contributed by atoms with Gasteiger partial charge in [0, 0.05) is 6.07 Å². The van der Waals surface area contributed by atoms with E-state index >= 15 is 0 Å². The average molecular weight is 246 g/mol. The number of phenolic OH excluding ortho intramolecular Hbond substituents is 1. The first-order valence-corrected chi connectivity index (χ1v) is 5.27. The van der Waals surface area contributed by atoms with Crippen molar-refractivity contribution in [3.63, 3.8) is 0 Å². The Hall–Kier alpha value is -2.49. The first-order valence-electron chi connectivity index (χ1n) is 5.27. The molecule has 0 aliphatic rings. The Bertz CT molecular complexity index is 521. The van der Waals surface area contributed by atoms with Gasteiger partial charge >= 0.3 is 5.97 Å². The summed E-state index contributed by atoms with van der Waals surface area (Å²) in [6.45, 7) is 2.08. The zero-order valence-corrected chi connectivity index (χ0v) is 9.87. The summed E-state index contributed by atoms with van der Waals surface area (Å²) in [5.74, 6) is -1.81. The van der Waals surface area contributed by atoms with Gasteiger partial charge in [0.2, 0.25) is 0 Å². The lowest BCUT2D eigenvalue weighted by molar-refractivity contribution is 0.0693. The smallest absolute Gasteiger partial charge is 0.339 e. The van der Waals surface area contributed by atoms with Crippen LogP contribution in [-0.4, -0.2) is 21.3 Å². The van der Waals surface area contributed by atoms with Crippen LogP contribution in [-0.2, 0) is 0 Å². The van der Waals surface area contributed by atoms with Gasteiger partial charge in [0.05, 0.1) is 0 Å². The van der Waals surface area contributed by atoms with Crippen molar-refractivity contribution in [3.8, 4) is 11.5 Å². The molecule has 2 rings (SSSR count). The Morgan fingerprint density at radius 2 is 1.61 bits per heavy atom. The van der Waals surface area contributed by atoms with Crippen LogP contribution in [0.3, 0.4) is 0 Å². The number of benzene rings is 2. The van der Waals surface area contributed by atoms with Crippen molar-refractivity contribution in [1.82, 2.24) is 0 Å². The van der Waals surface area contributed by atoms with Crippen LogP contribution in [0.4, 0.5) is 0 Å². The van der Waals surface area contributed by atoms with Gasteiger partial charge in [-0.2, -0.15) is 0 Å². The van der Waals surface area contributed by atoms with Crippen LogP contribution < -0.4 is 0 Å². The molecule has 2 aromatic carbocycles. The Balaban J connectivity index is 0.000000199. The summed E-state index contributed by atoms with van der Waals surface area (Å²) in [6, 6.07) is 13.6. The minimum absolute atomic E-state index is 0.160. The minimum Gasteiger partial charge on any atom is -0.508 e. The van der Waals surface area contributed by atoms with Crippen LogP contribution in [0, 0.1) is 6.92 Å². The van der Waals surface area contributed by atoms with Gasteiger partial charge in [-0.05, 0) is 19.1 Å². The van der Waals surface area contributed by atoms with E-state index in [-0.39, 0.29) is 11.3 Å². The van der Waals surface area contributed by atoms with Crippen LogP contribution in [0.5, 0.6) is 11.5 Å². The molecule has 0 radical (unpaired) electrons. The molecule has 0 saturated heterocycles. The first-order chi connectivity index (χ1) is 8.50. The van der Waals surface area contributed by atoms with E-state index in [4.69, 9.17) is 15.3 Å². The SMILES string of the molecule is Cc1ccccc1.O=C(O)c1ccc(O)cc1O. The van der Waals surface area contributed by atoms with Crippen molar-refractivity contribution in [3.05, 3.63) is 59.7 Å². The van der Waals surface area contributed by atoms with E-state index in [2.05, 4.69) is 19.1 Å². The second-order valence-corrected chi connectivity index (χ2v) is 3.66. The molecule has 0 aliphatic heterocycles. The van der Waals surface area contributed by atoms with Gasteiger partial charge in [0.1, 0.15) is 17.1 Å². The number of aryl methyl sites for hydroxylation is 1. The van der Waals surface area contributed by atoms with E-state index in [1.54, 1.807) is 0 Å². The standard InChI is InChI=1S/C7H6O4.C7H8/c8-4-1-2-5(7(10)11)6(9)3-4;1-7-5-3-2-4-6-7/h1-3,8-9H,(H,10,11);2-6H,1H3. The normalized spacial score (nSPS) is 9.17. The summed E-state index contributed by atoms with van der Waals surface area (Å²) in [5.41, 5.74) is 1.10. The van der Waals surface area contributed by atoms with Crippen molar-refractivity contribution in [1.29, 1.82) is 0 Å². The summed E-state index contributed by atoms with van der Waals surface area (Å²) >= 11 is 0. The highest BCUT2D eigenvalue weighted by atomic mass is 16.4. The number of phenols is 2. The maximum Gasteiger partial charge on any atom is 0.339 e. The maximum absolute atomic E-state index is 10.3. The highest BCUT2D eigenvalue weighted by Gasteiger charge is 2.08.